The lowest BCUT2D eigenvalue weighted by Gasteiger charge is -2.28. The highest BCUT2D eigenvalue weighted by Gasteiger charge is 2.22. The Morgan fingerprint density at radius 3 is 1.57 bits per heavy atom. The number of hydrogen-bond donors (Lipinski definition) is 0. The summed E-state index contributed by atoms with van der Waals surface area (Å²) < 4.78 is 6.75. The van der Waals surface area contributed by atoms with E-state index in [1.54, 1.807) is 0 Å². The van der Waals surface area contributed by atoms with E-state index in [0.29, 0.717) is 0 Å². The zero-order chi connectivity index (χ0) is 35.6. The molecule has 0 bridgehead atoms. The smallest absolute Gasteiger partial charge is 0.143 e. The van der Waals surface area contributed by atoms with Crippen molar-refractivity contribution in [2.75, 3.05) is 4.90 Å². The van der Waals surface area contributed by atoms with Crippen LogP contribution in [0.25, 0.3) is 87.3 Å². The molecule has 0 amide bonds. The minimum Gasteiger partial charge on any atom is -0.455 e. The van der Waals surface area contributed by atoms with E-state index in [9.17, 15) is 0 Å². The Balaban J connectivity index is 1.23. The molecule has 1 heterocycles. The van der Waals surface area contributed by atoms with Crippen molar-refractivity contribution in [2.24, 2.45) is 0 Å². The Hall–Kier alpha value is -7.16. The van der Waals surface area contributed by atoms with E-state index in [2.05, 4.69) is 205 Å². The van der Waals surface area contributed by atoms with Gasteiger partial charge in [0.15, 0.2) is 0 Å². The van der Waals surface area contributed by atoms with E-state index in [-0.39, 0.29) is 0 Å². The van der Waals surface area contributed by atoms with Crippen molar-refractivity contribution in [3.63, 3.8) is 0 Å². The van der Waals surface area contributed by atoms with Crippen molar-refractivity contribution in [3.8, 4) is 22.3 Å². The minimum absolute atomic E-state index is 0.868. The number of fused-ring (bicyclic) bond motifs is 9. The molecule has 11 aromatic rings. The van der Waals surface area contributed by atoms with Crippen LogP contribution in [0.3, 0.4) is 0 Å². The summed E-state index contributed by atoms with van der Waals surface area (Å²) >= 11 is 0. The quantitative estimate of drug-likeness (QED) is 0.168. The summed E-state index contributed by atoms with van der Waals surface area (Å²) in [6, 6.07) is 72.3. The lowest BCUT2D eigenvalue weighted by molar-refractivity contribution is 0.673. The number of anilines is 3. The molecule has 0 spiro atoms. The van der Waals surface area contributed by atoms with E-state index in [0.717, 1.165) is 44.4 Å². The Labute approximate surface area is 312 Å². The number of furan rings is 1. The molecule has 0 aliphatic carbocycles. The third kappa shape index (κ3) is 4.74. The molecular weight excluding hydrogens is 655 g/mol. The predicted molar refractivity (Wildman–Crippen MR) is 229 cm³/mol. The summed E-state index contributed by atoms with van der Waals surface area (Å²) in [5, 5.41) is 11.8. The fraction of sp³-hybridized carbons (Fsp3) is 0. The first-order valence-electron chi connectivity index (χ1n) is 18.5. The Morgan fingerprint density at radius 2 is 0.833 bits per heavy atom. The second kappa shape index (κ2) is 12.2. The van der Waals surface area contributed by atoms with Crippen molar-refractivity contribution in [2.45, 2.75) is 0 Å². The molecule has 252 valence electrons. The van der Waals surface area contributed by atoms with Gasteiger partial charge in [0.05, 0.1) is 5.69 Å². The molecule has 0 N–H and O–H groups in total. The van der Waals surface area contributed by atoms with E-state index in [4.69, 9.17) is 4.42 Å². The highest BCUT2D eigenvalue weighted by Crippen LogP contribution is 2.48. The molecule has 1 aromatic heterocycles. The summed E-state index contributed by atoms with van der Waals surface area (Å²) in [5.41, 5.74) is 9.88. The van der Waals surface area contributed by atoms with Crippen LogP contribution in [0.4, 0.5) is 17.1 Å². The monoisotopic (exact) mass is 687 g/mol. The number of nitrogens with zero attached hydrogens (tertiary/aromatic N) is 1. The number of rotatable bonds is 5. The van der Waals surface area contributed by atoms with Crippen LogP contribution < -0.4 is 4.90 Å². The van der Waals surface area contributed by atoms with Crippen LogP contribution in [0, 0.1) is 0 Å². The van der Waals surface area contributed by atoms with Gasteiger partial charge in [-0.25, -0.2) is 0 Å². The molecule has 2 heteroatoms. The largest absolute Gasteiger partial charge is 0.455 e. The average molecular weight is 688 g/mol. The highest BCUT2D eigenvalue weighted by molar-refractivity contribution is 6.22. The standard InChI is InChI=1S/C52H33NO/c1-3-16-36(17-4-1)50-45-24-12-11-23-42(45)43-30-27-38(32-47(43)51(50)37-18-5-2-6-19-37)53(48-25-13-20-34-14-7-9-21-40(34)48)39-28-31-44-46-29-26-35-15-8-10-22-41(35)52(46)54-49(44)33-39/h1-33H. The molecule has 0 radical (unpaired) electrons. The molecule has 0 aliphatic heterocycles. The van der Waals surface area contributed by atoms with Crippen LogP contribution in [0.15, 0.2) is 205 Å². The van der Waals surface area contributed by atoms with Gasteiger partial charge in [-0.1, -0.05) is 158 Å². The first-order chi connectivity index (χ1) is 26.8. The Kier molecular flexibility index (Phi) is 6.90. The van der Waals surface area contributed by atoms with E-state index in [1.807, 2.05) is 0 Å². The fourth-order valence-corrected chi connectivity index (χ4v) is 8.59. The molecule has 0 atom stereocenters. The average Bonchev–Trinajstić information content (AvgIpc) is 3.62. The maximum atomic E-state index is 6.75. The van der Waals surface area contributed by atoms with Crippen LogP contribution in [0.5, 0.6) is 0 Å². The predicted octanol–water partition coefficient (Wildman–Crippen LogP) is 15.0. The van der Waals surface area contributed by atoms with E-state index in [1.165, 1.54) is 60.0 Å². The Morgan fingerprint density at radius 1 is 0.315 bits per heavy atom. The van der Waals surface area contributed by atoms with Gasteiger partial charge in [0, 0.05) is 39.0 Å². The third-order valence-electron chi connectivity index (χ3n) is 11.0. The van der Waals surface area contributed by atoms with E-state index < -0.39 is 0 Å². The van der Waals surface area contributed by atoms with Gasteiger partial charge < -0.3 is 9.32 Å². The van der Waals surface area contributed by atoms with Crippen LogP contribution in [-0.2, 0) is 0 Å². The van der Waals surface area contributed by atoms with Gasteiger partial charge in [-0.3, -0.25) is 0 Å². The second-order valence-electron chi connectivity index (χ2n) is 14.0. The van der Waals surface area contributed by atoms with Gasteiger partial charge >= 0.3 is 0 Å². The van der Waals surface area contributed by atoms with Crippen molar-refractivity contribution >= 4 is 82.1 Å². The van der Waals surface area contributed by atoms with Crippen LogP contribution in [-0.4, -0.2) is 0 Å². The molecular formula is C52H33NO. The lowest BCUT2D eigenvalue weighted by atomic mass is 9.85. The first kappa shape index (κ1) is 30.5. The Bertz CT molecular complexity index is 3210. The fourth-order valence-electron chi connectivity index (χ4n) is 8.59. The van der Waals surface area contributed by atoms with Crippen LogP contribution in [0.1, 0.15) is 0 Å². The molecule has 0 aliphatic rings. The molecule has 10 aromatic carbocycles. The maximum Gasteiger partial charge on any atom is 0.143 e. The normalized spacial score (nSPS) is 11.7. The zero-order valence-corrected chi connectivity index (χ0v) is 29.4. The van der Waals surface area contributed by atoms with Gasteiger partial charge in [-0.2, -0.15) is 0 Å². The molecule has 2 nitrogen and oxygen atoms in total. The van der Waals surface area contributed by atoms with Gasteiger partial charge in [0.1, 0.15) is 11.2 Å². The van der Waals surface area contributed by atoms with E-state index >= 15 is 0 Å². The molecule has 0 saturated heterocycles. The van der Waals surface area contributed by atoms with Gasteiger partial charge in [0.25, 0.3) is 0 Å². The topological polar surface area (TPSA) is 16.4 Å². The van der Waals surface area contributed by atoms with Crippen LogP contribution >= 0.6 is 0 Å². The summed E-state index contributed by atoms with van der Waals surface area (Å²) in [6.45, 7) is 0. The summed E-state index contributed by atoms with van der Waals surface area (Å²) in [7, 11) is 0. The number of benzene rings is 10. The van der Waals surface area contributed by atoms with Crippen LogP contribution in [0.2, 0.25) is 0 Å². The van der Waals surface area contributed by atoms with Gasteiger partial charge in [-0.05, 0) is 91.0 Å². The summed E-state index contributed by atoms with van der Waals surface area (Å²) in [4.78, 5) is 2.40. The highest BCUT2D eigenvalue weighted by atomic mass is 16.3. The zero-order valence-electron chi connectivity index (χ0n) is 29.4. The summed E-state index contributed by atoms with van der Waals surface area (Å²) in [5.74, 6) is 0. The lowest BCUT2D eigenvalue weighted by Crippen LogP contribution is -2.10. The maximum absolute atomic E-state index is 6.75. The third-order valence-corrected chi connectivity index (χ3v) is 11.0. The SMILES string of the molecule is c1ccc(-c2c(-c3ccccc3)c3cc(N(c4ccc5c(c4)oc4c6ccccc6ccc54)c4cccc5ccccc45)ccc3c3ccccc23)cc1. The van der Waals surface area contributed by atoms with Crippen molar-refractivity contribution in [1.29, 1.82) is 0 Å². The summed E-state index contributed by atoms with van der Waals surface area (Å²) in [6.07, 6.45) is 0. The number of hydrogen-bond acceptors (Lipinski definition) is 2. The first-order valence-corrected chi connectivity index (χ1v) is 18.5. The van der Waals surface area contributed by atoms with Crippen molar-refractivity contribution in [3.05, 3.63) is 200 Å². The molecule has 0 fully saturated rings. The van der Waals surface area contributed by atoms with Crippen molar-refractivity contribution in [1.82, 2.24) is 0 Å². The molecule has 11 rings (SSSR count). The second-order valence-corrected chi connectivity index (χ2v) is 14.0. The molecule has 0 saturated carbocycles. The van der Waals surface area contributed by atoms with Gasteiger partial charge in [0.2, 0.25) is 0 Å². The van der Waals surface area contributed by atoms with Crippen molar-refractivity contribution < 1.29 is 4.42 Å². The minimum atomic E-state index is 0.868. The molecule has 0 unspecified atom stereocenters. The molecule has 54 heavy (non-hydrogen) atoms. The van der Waals surface area contributed by atoms with Gasteiger partial charge in [-0.15, -0.1) is 0 Å².